The average Bonchev–Trinajstić information content (AvgIpc) is 3.22. The highest BCUT2D eigenvalue weighted by Crippen LogP contribution is 2.31. The molecule has 0 atom stereocenters. The summed E-state index contributed by atoms with van der Waals surface area (Å²) in [6.45, 7) is 6.16. The van der Waals surface area contributed by atoms with Gasteiger partial charge >= 0.3 is 0 Å². The number of carbonyl (C=O) groups is 1. The molecule has 158 valence electrons. The Morgan fingerprint density at radius 3 is 2.53 bits per heavy atom. The molecule has 3 aromatic rings. The maximum Gasteiger partial charge on any atom is 0.234 e. The highest BCUT2D eigenvalue weighted by atomic mass is 32.2. The van der Waals surface area contributed by atoms with Crippen molar-refractivity contribution < 1.29 is 9.53 Å². The van der Waals surface area contributed by atoms with Gasteiger partial charge in [0, 0.05) is 24.5 Å². The lowest BCUT2D eigenvalue weighted by molar-refractivity contribution is -0.113. The van der Waals surface area contributed by atoms with Crippen LogP contribution in [-0.4, -0.2) is 42.1 Å². The first-order chi connectivity index (χ1) is 14.6. The summed E-state index contributed by atoms with van der Waals surface area (Å²) >= 11 is 2.75. The van der Waals surface area contributed by atoms with Crippen molar-refractivity contribution in [1.82, 2.24) is 10.2 Å². The predicted octanol–water partition coefficient (Wildman–Crippen LogP) is 4.87. The van der Waals surface area contributed by atoms with Crippen LogP contribution in [0.4, 0.5) is 22.2 Å². The van der Waals surface area contributed by atoms with Crippen molar-refractivity contribution in [2.45, 2.75) is 18.2 Å². The van der Waals surface area contributed by atoms with E-state index in [1.807, 2.05) is 48.5 Å². The van der Waals surface area contributed by atoms with E-state index in [4.69, 9.17) is 4.74 Å². The Morgan fingerprint density at radius 1 is 1.10 bits per heavy atom. The van der Waals surface area contributed by atoms with E-state index in [0.29, 0.717) is 5.13 Å². The van der Waals surface area contributed by atoms with Gasteiger partial charge in [-0.25, -0.2) is 0 Å². The van der Waals surface area contributed by atoms with Crippen molar-refractivity contribution in [3.05, 3.63) is 48.5 Å². The normalized spacial score (nSPS) is 10.5. The molecule has 7 nitrogen and oxygen atoms in total. The van der Waals surface area contributed by atoms with Crippen LogP contribution in [0.2, 0.25) is 0 Å². The standard InChI is InChI=1S/C21H25N5O2S2/c1-4-26(5-2)16-12-10-15(11-13-16)22-19(27)14-29-21-25-24-20(30-21)23-17-8-6-7-9-18(17)28-3/h6-13H,4-5,14H2,1-3H3,(H,22,27)(H,23,24). The highest BCUT2D eigenvalue weighted by Gasteiger charge is 2.11. The third-order valence-corrected chi connectivity index (χ3v) is 6.33. The summed E-state index contributed by atoms with van der Waals surface area (Å²) in [6, 6.07) is 15.5. The van der Waals surface area contributed by atoms with E-state index in [1.165, 1.54) is 23.1 Å². The third kappa shape index (κ3) is 5.87. The Labute approximate surface area is 184 Å². The minimum Gasteiger partial charge on any atom is -0.495 e. The van der Waals surface area contributed by atoms with Crippen LogP contribution < -0.4 is 20.3 Å². The molecule has 0 fully saturated rings. The van der Waals surface area contributed by atoms with Crippen LogP contribution in [0.3, 0.4) is 0 Å². The molecule has 1 amide bonds. The first-order valence-electron chi connectivity index (χ1n) is 9.64. The van der Waals surface area contributed by atoms with Gasteiger partial charge in [0.1, 0.15) is 5.75 Å². The highest BCUT2D eigenvalue weighted by molar-refractivity contribution is 8.01. The molecule has 2 aromatic carbocycles. The number of hydrogen-bond acceptors (Lipinski definition) is 8. The van der Waals surface area contributed by atoms with Gasteiger partial charge in [-0.15, -0.1) is 10.2 Å². The topological polar surface area (TPSA) is 79.4 Å². The molecule has 0 radical (unpaired) electrons. The molecule has 0 spiro atoms. The fourth-order valence-corrected chi connectivity index (χ4v) is 4.41. The summed E-state index contributed by atoms with van der Waals surface area (Å²) in [5.74, 6) is 0.916. The van der Waals surface area contributed by atoms with Crippen LogP contribution in [-0.2, 0) is 4.79 Å². The predicted molar refractivity (Wildman–Crippen MR) is 126 cm³/mol. The van der Waals surface area contributed by atoms with Gasteiger partial charge in [-0.2, -0.15) is 0 Å². The summed E-state index contributed by atoms with van der Waals surface area (Å²) in [5.41, 5.74) is 2.75. The number of carbonyl (C=O) groups excluding carboxylic acids is 1. The van der Waals surface area contributed by atoms with Gasteiger partial charge in [0.15, 0.2) is 4.34 Å². The minimum atomic E-state index is -0.0787. The molecular weight excluding hydrogens is 418 g/mol. The lowest BCUT2D eigenvalue weighted by atomic mass is 10.2. The Kier molecular flexibility index (Phi) is 7.92. The maximum atomic E-state index is 12.3. The molecule has 0 bridgehead atoms. The van der Waals surface area contributed by atoms with E-state index < -0.39 is 0 Å². The molecule has 0 aliphatic carbocycles. The van der Waals surface area contributed by atoms with Crippen molar-refractivity contribution in [1.29, 1.82) is 0 Å². The number of methoxy groups -OCH3 is 1. The monoisotopic (exact) mass is 443 g/mol. The summed E-state index contributed by atoms with van der Waals surface area (Å²) < 4.78 is 6.05. The van der Waals surface area contributed by atoms with E-state index >= 15 is 0 Å². The van der Waals surface area contributed by atoms with Crippen molar-refractivity contribution >= 4 is 51.2 Å². The fourth-order valence-electron chi connectivity index (χ4n) is 2.85. The van der Waals surface area contributed by atoms with Crippen molar-refractivity contribution in [2.75, 3.05) is 41.5 Å². The summed E-state index contributed by atoms with van der Waals surface area (Å²) in [4.78, 5) is 14.5. The van der Waals surface area contributed by atoms with Gasteiger partial charge in [-0.05, 0) is 50.2 Å². The second kappa shape index (κ2) is 10.8. The first kappa shape index (κ1) is 21.9. The van der Waals surface area contributed by atoms with Gasteiger partial charge < -0.3 is 20.3 Å². The number of amides is 1. The number of para-hydroxylation sites is 2. The number of benzene rings is 2. The number of hydrogen-bond donors (Lipinski definition) is 2. The summed E-state index contributed by atoms with van der Waals surface area (Å²) in [7, 11) is 1.62. The molecule has 9 heteroatoms. The van der Waals surface area contributed by atoms with Gasteiger partial charge in [0.25, 0.3) is 0 Å². The van der Waals surface area contributed by atoms with Crippen molar-refractivity contribution in [3.63, 3.8) is 0 Å². The van der Waals surface area contributed by atoms with E-state index in [1.54, 1.807) is 7.11 Å². The van der Waals surface area contributed by atoms with Crippen LogP contribution in [0.25, 0.3) is 0 Å². The summed E-state index contributed by atoms with van der Waals surface area (Å²) in [5, 5.41) is 15.0. The third-order valence-electron chi connectivity index (χ3n) is 4.36. The first-order valence-corrected chi connectivity index (χ1v) is 11.4. The average molecular weight is 444 g/mol. The van der Waals surface area contributed by atoms with Crippen LogP contribution in [0.1, 0.15) is 13.8 Å². The van der Waals surface area contributed by atoms with Gasteiger partial charge in [0.05, 0.1) is 18.6 Å². The number of rotatable bonds is 10. The van der Waals surface area contributed by atoms with E-state index in [0.717, 1.165) is 40.2 Å². The van der Waals surface area contributed by atoms with Crippen LogP contribution in [0.15, 0.2) is 52.9 Å². The zero-order valence-corrected chi connectivity index (χ0v) is 18.8. The Hall–Kier alpha value is -2.78. The van der Waals surface area contributed by atoms with Crippen LogP contribution >= 0.6 is 23.1 Å². The Morgan fingerprint density at radius 2 is 1.83 bits per heavy atom. The Bertz CT molecular complexity index is 958. The van der Waals surface area contributed by atoms with Crippen molar-refractivity contribution in [3.8, 4) is 5.75 Å². The van der Waals surface area contributed by atoms with Crippen LogP contribution in [0.5, 0.6) is 5.75 Å². The van der Waals surface area contributed by atoms with Gasteiger partial charge in [0.2, 0.25) is 11.0 Å². The van der Waals surface area contributed by atoms with E-state index in [9.17, 15) is 4.79 Å². The molecule has 0 saturated carbocycles. The fraction of sp³-hybridized carbons (Fsp3) is 0.286. The number of aromatic nitrogens is 2. The lowest BCUT2D eigenvalue weighted by Crippen LogP contribution is -2.21. The smallest absolute Gasteiger partial charge is 0.234 e. The molecule has 2 N–H and O–H groups in total. The van der Waals surface area contributed by atoms with Crippen LogP contribution in [0, 0.1) is 0 Å². The Balaban J connectivity index is 1.50. The number of nitrogens with one attached hydrogen (secondary N) is 2. The number of thioether (sulfide) groups is 1. The molecule has 3 rings (SSSR count). The van der Waals surface area contributed by atoms with E-state index in [2.05, 4.69) is 39.6 Å². The van der Waals surface area contributed by atoms with Gasteiger partial charge in [-0.3, -0.25) is 4.79 Å². The molecule has 0 saturated heterocycles. The van der Waals surface area contributed by atoms with Crippen molar-refractivity contribution in [2.24, 2.45) is 0 Å². The quantitative estimate of drug-likeness (QED) is 0.433. The molecular formula is C21H25N5O2S2. The molecule has 1 heterocycles. The molecule has 0 unspecified atom stereocenters. The summed E-state index contributed by atoms with van der Waals surface area (Å²) in [6.07, 6.45) is 0. The van der Waals surface area contributed by atoms with E-state index in [-0.39, 0.29) is 11.7 Å². The zero-order valence-electron chi connectivity index (χ0n) is 17.2. The zero-order chi connectivity index (χ0) is 21.3. The second-order valence-electron chi connectivity index (χ2n) is 6.25. The number of anilines is 4. The molecule has 0 aliphatic rings. The number of nitrogens with zero attached hydrogens (tertiary/aromatic N) is 3. The SMILES string of the molecule is CCN(CC)c1ccc(NC(=O)CSc2nnc(Nc3ccccc3OC)s2)cc1. The molecule has 1 aromatic heterocycles. The number of ether oxygens (including phenoxy) is 1. The largest absolute Gasteiger partial charge is 0.495 e. The molecule has 30 heavy (non-hydrogen) atoms. The minimum absolute atomic E-state index is 0.0787. The maximum absolute atomic E-state index is 12.3. The lowest BCUT2D eigenvalue weighted by Gasteiger charge is -2.21. The molecule has 0 aliphatic heterocycles. The van der Waals surface area contributed by atoms with Gasteiger partial charge in [-0.1, -0.05) is 35.2 Å². The second-order valence-corrected chi connectivity index (χ2v) is 8.45.